The highest BCUT2D eigenvalue weighted by Crippen LogP contribution is 2.32. The van der Waals surface area contributed by atoms with Crippen LogP contribution in [0.1, 0.15) is 32.6 Å². The molecule has 3 heteroatoms. The van der Waals surface area contributed by atoms with Gasteiger partial charge < -0.3 is 5.73 Å². The largest absolute Gasteiger partial charge is 0.327 e. The molecule has 0 spiro atoms. The quantitative estimate of drug-likeness (QED) is 0.818. The predicted molar refractivity (Wildman–Crippen MR) is 81.3 cm³/mol. The highest BCUT2D eigenvalue weighted by Gasteiger charge is 2.24. The van der Waals surface area contributed by atoms with Gasteiger partial charge in [-0.05, 0) is 48.9 Å². The molecule has 3 atom stereocenters. The summed E-state index contributed by atoms with van der Waals surface area (Å²) >= 11 is 7.73. The van der Waals surface area contributed by atoms with Gasteiger partial charge in [-0.15, -0.1) is 11.8 Å². The van der Waals surface area contributed by atoms with Crippen LogP contribution in [-0.2, 0) is 0 Å². The maximum atomic E-state index is 6.34. The summed E-state index contributed by atoms with van der Waals surface area (Å²) in [6, 6.07) is 8.36. The first kappa shape index (κ1) is 14.2. The van der Waals surface area contributed by atoms with Gasteiger partial charge in [0.1, 0.15) is 0 Å². The van der Waals surface area contributed by atoms with E-state index in [0.717, 1.165) is 16.7 Å². The molecule has 1 aromatic rings. The molecule has 3 unspecified atom stereocenters. The monoisotopic (exact) mass is 283 g/mol. The molecular formula is C15H22ClNS. The average Bonchev–Trinajstić information content (AvgIpc) is 2.38. The molecular weight excluding hydrogens is 262 g/mol. The molecule has 0 saturated heterocycles. The number of thioether (sulfide) groups is 1. The van der Waals surface area contributed by atoms with E-state index in [1.54, 1.807) is 0 Å². The molecule has 0 amide bonds. The summed E-state index contributed by atoms with van der Waals surface area (Å²) in [5.41, 5.74) is 6.34. The fourth-order valence-electron chi connectivity index (χ4n) is 2.73. The van der Waals surface area contributed by atoms with E-state index in [2.05, 4.69) is 19.1 Å². The summed E-state index contributed by atoms with van der Waals surface area (Å²) in [4.78, 5) is 1.26. The number of halogens is 1. The third kappa shape index (κ3) is 4.18. The lowest BCUT2D eigenvalue weighted by molar-refractivity contribution is 0.256. The van der Waals surface area contributed by atoms with Crippen molar-refractivity contribution in [3.05, 3.63) is 29.3 Å². The number of hydrogen-bond donors (Lipinski definition) is 1. The topological polar surface area (TPSA) is 26.0 Å². The molecule has 1 aromatic carbocycles. The van der Waals surface area contributed by atoms with Crippen LogP contribution in [0.15, 0.2) is 29.2 Å². The Labute approximate surface area is 119 Å². The van der Waals surface area contributed by atoms with Crippen molar-refractivity contribution in [3.8, 4) is 0 Å². The predicted octanol–water partition coefficient (Wildman–Crippen LogP) is 4.59. The van der Waals surface area contributed by atoms with Crippen LogP contribution in [0.2, 0.25) is 5.02 Å². The molecule has 0 bridgehead atoms. The summed E-state index contributed by atoms with van der Waals surface area (Å²) in [6.07, 6.45) is 5.35. The number of nitrogens with two attached hydrogens (primary N) is 1. The van der Waals surface area contributed by atoms with Crippen molar-refractivity contribution >= 4 is 23.4 Å². The third-order valence-corrected chi connectivity index (χ3v) is 5.25. The average molecular weight is 284 g/mol. The van der Waals surface area contributed by atoms with Gasteiger partial charge in [-0.25, -0.2) is 0 Å². The van der Waals surface area contributed by atoms with Crippen LogP contribution in [0.25, 0.3) is 0 Å². The smallest absolute Gasteiger partial charge is 0.0406 e. The Morgan fingerprint density at radius 3 is 2.72 bits per heavy atom. The summed E-state index contributed by atoms with van der Waals surface area (Å²) in [5, 5.41) is 0.796. The lowest BCUT2D eigenvalue weighted by Gasteiger charge is -2.31. The lowest BCUT2D eigenvalue weighted by atomic mass is 9.79. The van der Waals surface area contributed by atoms with Crippen LogP contribution in [0, 0.1) is 11.8 Å². The highest BCUT2D eigenvalue weighted by molar-refractivity contribution is 7.99. The van der Waals surface area contributed by atoms with Gasteiger partial charge in [0.15, 0.2) is 0 Å². The van der Waals surface area contributed by atoms with E-state index in [0.29, 0.717) is 12.0 Å². The molecule has 0 aromatic heterocycles. The van der Waals surface area contributed by atoms with E-state index in [1.807, 2.05) is 23.9 Å². The Morgan fingerprint density at radius 2 is 2.06 bits per heavy atom. The molecule has 1 fully saturated rings. The van der Waals surface area contributed by atoms with Crippen LogP contribution in [0.4, 0.5) is 0 Å². The van der Waals surface area contributed by atoms with Gasteiger partial charge in [-0.2, -0.15) is 0 Å². The second-order valence-corrected chi connectivity index (χ2v) is 6.99. The maximum Gasteiger partial charge on any atom is 0.0406 e. The maximum absolute atomic E-state index is 6.34. The summed E-state index contributed by atoms with van der Waals surface area (Å²) in [7, 11) is 0. The van der Waals surface area contributed by atoms with Gasteiger partial charge in [0.2, 0.25) is 0 Å². The lowest BCUT2D eigenvalue weighted by Crippen LogP contribution is -2.35. The van der Waals surface area contributed by atoms with Gasteiger partial charge in [-0.3, -0.25) is 0 Å². The summed E-state index contributed by atoms with van der Waals surface area (Å²) in [5.74, 6) is 2.59. The fraction of sp³-hybridized carbons (Fsp3) is 0.600. The van der Waals surface area contributed by atoms with E-state index in [9.17, 15) is 0 Å². The second kappa shape index (κ2) is 6.83. The molecule has 0 radical (unpaired) electrons. The van der Waals surface area contributed by atoms with Crippen molar-refractivity contribution in [2.24, 2.45) is 17.6 Å². The van der Waals surface area contributed by atoms with E-state index < -0.39 is 0 Å². The zero-order valence-electron chi connectivity index (χ0n) is 10.9. The van der Waals surface area contributed by atoms with Gasteiger partial charge >= 0.3 is 0 Å². The van der Waals surface area contributed by atoms with E-state index >= 15 is 0 Å². The van der Waals surface area contributed by atoms with Crippen LogP contribution in [0.3, 0.4) is 0 Å². The van der Waals surface area contributed by atoms with Crippen molar-refractivity contribution in [1.82, 2.24) is 0 Å². The van der Waals surface area contributed by atoms with E-state index in [4.69, 9.17) is 17.3 Å². The Hall–Kier alpha value is -0.180. The first-order chi connectivity index (χ1) is 8.65. The fourth-order valence-corrected chi connectivity index (χ4v) is 3.84. The van der Waals surface area contributed by atoms with Crippen molar-refractivity contribution in [3.63, 3.8) is 0 Å². The van der Waals surface area contributed by atoms with Crippen molar-refractivity contribution in [2.45, 2.75) is 43.5 Å². The van der Waals surface area contributed by atoms with E-state index in [-0.39, 0.29) is 0 Å². The first-order valence-corrected chi connectivity index (χ1v) is 8.15. The molecule has 18 heavy (non-hydrogen) atoms. The molecule has 0 heterocycles. The van der Waals surface area contributed by atoms with Gasteiger partial charge in [0.05, 0.1) is 0 Å². The normalized spacial score (nSPS) is 25.9. The molecule has 1 nitrogen and oxygen atoms in total. The number of hydrogen-bond acceptors (Lipinski definition) is 2. The van der Waals surface area contributed by atoms with Crippen LogP contribution in [0.5, 0.6) is 0 Å². The SMILES string of the molecule is CC1CCCC(C(N)CSc2ccc(Cl)cc2)C1. The summed E-state index contributed by atoms with van der Waals surface area (Å²) in [6.45, 7) is 2.35. The Kier molecular flexibility index (Phi) is 5.40. The van der Waals surface area contributed by atoms with Crippen molar-refractivity contribution in [1.29, 1.82) is 0 Å². The first-order valence-electron chi connectivity index (χ1n) is 6.79. The van der Waals surface area contributed by atoms with E-state index in [1.165, 1.54) is 30.6 Å². The van der Waals surface area contributed by atoms with Gasteiger partial charge in [0, 0.05) is 21.7 Å². The van der Waals surface area contributed by atoms with Crippen LogP contribution >= 0.6 is 23.4 Å². The minimum Gasteiger partial charge on any atom is -0.327 e. The Bertz CT molecular complexity index is 365. The zero-order chi connectivity index (χ0) is 13.0. The van der Waals surface area contributed by atoms with Crippen LogP contribution in [-0.4, -0.2) is 11.8 Å². The van der Waals surface area contributed by atoms with Crippen molar-refractivity contribution in [2.75, 3.05) is 5.75 Å². The zero-order valence-corrected chi connectivity index (χ0v) is 12.5. The molecule has 1 aliphatic carbocycles. The molecule has 1 aliphatic rings. The van der Waals surface area contributed by atoms with Gasteiger partial charge in [0.25, 0.3) is 0 Å². The van der Waals surface area contributed by atoms with Gasteiger partial charge in [-0.1, -0.05) is 31.4 Å². The Balaban J connectivity index is 1.80. The summed E-state index contributed by atoms with van der Waals surface area (Å²) < 4.78 is 0. The Morgan fingerprint density at radius 1 is 1.33 bits per heavy atom. The minimum absolute atomic E-state index is 0.327. The molecule has 2 N–H and O–H groups in total. The number of benzene rings is 1. The second-order valence-electron chi connectivity index (χ2n) is 5.46. The third-order valence-electron chi connectivity index (χ3n) is 3.84. The minimum atomic E-state index is 0.327. The molecule has 1 saturated carbocycles. The molecule has 2 rings (SSSR count). The highest BCUT2D eigenvalue weighted by atomic mass is 35.5. The standard InChI is InChI=1S/C15H22ClNS/c1-11-3-2-4-12(9-11)15(17)10-18-14-7-5-13(16)6-8-14/h5-8,11-12,15H,2-4,9-10,17H2,1H3. The van der Waals surface area contributed by atoms with Crippen molar-refractivity contribution < 1.29 is 0 Å². The molecule has 100 valence electrons. The van der Waals surface area contributed by atoms with Crippen LogP contribution < -0.4 is 5.73 Å². The molecule has 0 aliphatic heterocycles. The number of rotatable bonds is 4.